The van der Waals surface area contributed by atoms with Crippen molar-refractivity contribution in [1.29, 1.82) is 0 Å². The van der Waals surface area contributed by atoms with E-state index < -0.39 is 0 Å². The van der Waals surface area contributed by atoms with Gasteiger partial charge in [0, 0.05) is 50.7 Å². The lowest BCUT2D eigenvalue weighted by Crippen LogP contribution is -2.46. The third-order valence-electron chi connectivity index (χ3n) is 6.15. The quantitative estimate of drug-likeness (QED) is 0.680. The Morgan fingerprint density at radius 3 is 2.71 bits per heavy atom. The van der Waals surface area contributed by atoms with Crippen molar-refractivity contribution in [3.8, 4) is 0 Å². The Kier molecular flexibility index (Phi) is 7.30. The summed E-state index contributed by atoms with van der Waals surface area (Å²) in [6, 6.07) is 7.82. The van der Waals surface area contributed by atoms with Crippen molar-refractivity contribution in [3.05, 3.63) is 48.5 Å². The van der Waals surface area contributed by atoms with Crippen molar-refractivity contribution in [2.24, 2.45) is 0 Å². The third kappa shape index (κ3) is 5.91. The number of carbonyl (C=O) groups is 2. The molecule has 0 spiro atoms. The van der Waals surface area contributed by atoms with E-state index in [1.54, 1.807) is 22.0 Å². The van der Waals surface area contributed by atoms with Crippen LogP contribution in [0.15, 0.2) is 42.9 Å². The van der Waals surface area contributed by atoms with E-state index >= 15 is 0 Å². The molecule has 2 aliphatic rings. The molecule has 0 unspecified atom stereocenters. The molecule has 1 saturated heterocycles. The maximum Gasteiger partial charge on any atom is 0.242 e. The van der Waals surface area contributed by atoms with Gasteiger partial charge in [0.05, 0.1) is 24.9 Å². The highest BCUT2D eigenvalue weighted by Crippen LogP contribution is 2.25. The van der Waals surface area contributed by atoms with Crippen LogP contribution in [0, 0.1) is 0 Å². The number of carbonyl (C=O) groups excluding carboxylic acids is 2. The average molecular weight is 426 g/mol. The number of hydrogen-bond acceptors (Lipinski definition) is 5. The first-order valence-corrected chi connectivity index (χ1v) is 11.3. The van der Waals surface area contributed by atoms with Gasteiger partial charge < -0.3 is 14.5 Å². The highest BCUT2D eigenvalue weighted by atomic mass is 16.5. The summed E-state index contributed by atoms with van der Waals surface area (Å²) in [6.07, 6.45) is 11.0. The van der Waals surface area contributed by atoms with E-state index in [0.717, 1.165) is 31.4 Å². The summed E-state index contributed by atoms with van der Waals surface area (Å²) in [5, 5.41) is 4.16. The topological polar surface area (TPSA) is 80.6 Å². The lowest BCUT2D eigenvalue weighted by molar-refractivity contribution is -0.140. The fourth-order valence-corrected chi connectivity index (χ4v) is 4.47. The Morgan fingerprint density at radius 1 is 1.10 bits per heavy atom. The van der Waals surface area contributed by atoms with E-state index in [1.807, 2.05) is 35.4 Å². The zero-order valence-corrected chi connectivity index (χ0v) is 17.9. The molecule has 8 nitrogen and oxygen atoms in total. The first kappa shape index (κ1) is 21.5. The zero-order chi connectivity index (χ0) is 21.5. The van der Waals surface area contributed by atoms with Crippen molar-refractivity contribution >= 4 is 11.8 Å². The van der Waals surface area contributed by atoms with Crippen LogP contribution in [0.2, 0.25) is 0 Å². The van der Waals surface area contributed by atoms with Gasteiger partial charge in [0.15, 0.2) is 0 Å². The first-order chi connectivity index (χ1) is 15.2. The van der Waals surface area contributed by atoms with E-state index in [9.17, 15) is 9.59 Å². The van der Waals surface area contributed by atoms with Crippen LogP contribution in [0.4, 0.5) is 0 Å². The SMILES string of the molecule is O=C(CCn1cccn1)N1CC(=O)N(C2CCCCC2)C[C@@H](OCc2ccccn2)C1. The molecule has 2 aromatic rings. The van der Waals surface area contributed by atoms with Gasteiger partial charge in [-0.25, -0.2) is 0 Å². The predicted molar refractivity (Wildman–Crippen MR) is 115 cm³/mol. The highest BCUT2D eigenvalue weighted by Gasteiger charge is 2.34. The number of aryl methyl sites for hydroxylation is 1. The number of rotatable bonds is 7. The summed E-state index contributed by atoms with van der Waals surface area (Å²) >= 11 is 0. The van der Waals surface area contributed by atoms with Gasteiger partial charge in [0.2, 0.25) is 11.8 Å². The second kappa shape index (κ2) is 10.5. The molecule has 2 amide bonds. The normalized spacial score (nSPS) is 20.6. The summed E-state index contributed by atoms with van der Waals surface area (Å²) in [5.74, 6) is -0.0101. The second-order valence-corrected chi connectivity index (χ2v) is 8.39. The van der Waals surface area contributed by atoms with Gasteiger partial charge in [-0.05, 0) is 31.0 Å². The summed E-state index contributed by atoms with van der Waals surface area (Å²) in [5.41, 5.74) is 0.846. The van der Waals surface area contributed by atoms with E-state index in [1.165, 1.54) is 6.42 Å². The molecule has 1 atom stereocenters. The fourth-order valence-electron chi connectivity index (χ4n) is 4.47. The molecule has 3 heterocycles. The molecule has 1 aliphatic heterocycles. The van der Waals surface area contributed by atoms with Crippen LogP contribution in [-0.2, 0) is 27.5 Å². The standard InChI is InChI=1S/C23H31N5O3/c29-22(10-14-27-13-6-12-25-27)26-15-21(31-18-19-7-4-5-11-24-19)16-28(23(30)17-26)20-8-2-1-3-9-20/h4-7,11-13,20-21H,1-3,8-10,14-18H2/t21-/m0/s1. The Hall–Kier alpha value is -2.74. The second-order valence-electron chi connectivity index (χ2n) is 8.39. The molecule has 8 heteroatoms. The molecular formula is C23H31N5O3. The molecule has 0 aromatic carbocycles. The van der Waals surface area contributed by atoms with Gasteiger partial charge >= 0.3 is 0 Å². The summed E-state index contributed by atoms with van der Waals surface area (Å²) < 4.78 is 7.92. The van der Waals surface area contributed by atoms with Crippen LogP contribution in [0.5, 0.6) is 0 Å². The lowest BCUT2D eigenvalue weighted by Gasteiger charge is -2.34. The summed E-state index contributed by atoms with van der Waals surface area (Å²) in [6.45, 7) is 1.94. The van der Waals surface area contributed by atoms with Crippen LogP contribution < -0.4 is 0 Å². The predicted octanol–water partition coefficient (Wildman–Crippen LogP) is 2.26. The number of nitrogens with zero attached hydrogens (tertiary/aromatic N) is 5. The minimum absolute atomic E-state index is 0.0308. The highest BCUT2D eigenvalue weighted by molar-refractivity contribution is 5.85. The molecule has 166 valence electrons. The number of amides is 2. The molecule has 31 heavy (non-hydrogen) atoms. The molecule has 2 aromatic heterocycles. The Bertz CT molecular complexity index is 836. The van der Waals surface area contributed by atoms with E-state index in [4.69, 9.17) is 4.74 Å². The molecule has 4 rings (SSSR count). The number of hydrogen-bond donors (Lipinski definition) is 0. The molecule has 0 bridgehead atoms. The Balaban J connectivity index is 1.44. The van der Waals surface area contributed by atoms with Gasteiger partial charge in [-0.15, -0.1) is 0 Å². The van der Waals surface area contributed by atoms with Gasteiger partial charge in [-0.1, -0.05) is 25.3 Å². The average Bonchev–Trinajstić information content (AvgIpc) is 3.27. The fraction of sp³-hybridized carbons (Fsp3) is 0.565. The summed E-state index contributed by atoms with van der Waals surface area (Å²) in [7, 11) is 0. The molecule has 2 fully saturated rings. The lowest BCUT2D eigenvalue weighted by atomic mass is 9.94. The van der Waals surface area contributed by atoms with Crippen molar-refractivity contribution in [3.63, 3.8) is 0 Å². The number of aromatic nitrogens is 3. The zero-order valence-electron chi connectivity index (χ0n) is 17.9. The van der Waals surface area contributed by atoms with Crippen LogP contribution >= 0.6 is 0 Å². The van der Waals surface area contributed by atoms with Crippen molar-refractivity contribution in [2.75, 3.05) is 19.6 Å². The largest absolute Gasteiger partial charge is 0.368 e. The Morgan fingerprint density at radius 2 is 1.97 bits per heavy atom. The number of ether oxygens (including phenoxy) is 1. The smallest absolute Gasteiger partial charge is 0.242 e. The van der Waals surface area contributed by atoms with E-state index in [-0.39, 0.29) is 30.5 Å². The van der Waals surface area contributed by atoms with Crippen LogP contribution in [0.1, 0.15) is 44.2 Å². The first-order valence-electron chi connectivity index (χ1n) is 11.3. The molecule has 0 radical (unpaired) electrons. The van der Waals surface area contributed by atoms with Gasteiger partial charge in [-0.3, -0.25) is 19.3 Å². The maximum absolute atomic E-state index is 13.1. The Labute approximate surface area is 183 Å². The van der Waals surface area contributed by atoms with Crippen LogP contribution in [0.25, 0.3) is 0 Å². The molecular weight excluding hydrogens is 394 g/mol. The minimum atomic E-state index is -0.232. The molecule has 1 saturated carbocycles. The van der Waals surface area contributed by atoms with Gasteiger partial charge in [-0.2, -0.15) is 5.10 Å². The van der Waals surface area contributed by atoms with Crippen LogP contribution in [-0.4, -0.2) is 68.2 Å². The maximum atomic E-state index is 13.1. The van der Waals surface area contributed by atoms with Crippen molar-refractivity contribution < 1.29 is 14.3 Å². The van der Waals surface area contributed by atoms with Crippen molar-refractivity contribution in [2.45, 2.75) is 63.8 Å². The van der Waals surface area contributed by atoms with E-state index in [2.05, 4.69) is 10.1 Å². The summed E-state index contributed by atoms with van der Waals surface area (Å²) in [4.78, 5) is 34.0. The van der Waals surface area contributed by atoms with Crippen molar-refractivity contribution in [1.82, 2.24) is 24.6 Å². The molecule has 1 aliphatic carbocycles. The monoisotopic (exact) mass is 425 g/mol. The van der Waals surface area contributed by atoms with Crippen LogP contribution in [0.3, 0.4) is 0 Å². The molecule has 0 N–H and O–H groups in total. The van der Waals surface area contributed by atoms with E-state index in [0.29, 0.717) is 32.7 Å². The number of pyridine rings is 1. The van der Waals surface area contributed by atoms with Gasteiger partial charge in [0.1, 0.15) is 0 Å². The third-order valence-corrected chi connectivity index (χ3v) is 6.15. The minimum Gasteiger partial charge on any atom is -0.368 e. The van der Waals surface area contributed by atoms with Gasteiger partial charge in [0.25, 0.3) is 0 Å².